The normalized spacial score (nSPS) is 17.1. The van der Waals surface area contributed by atoms with Gasteiger partial charge in [-0.1, -0.05) is 54.1 Å². The highest BCUT2D eigenvalue weighted by atomic mass is 16.5. The predicted molar refractivity (Wildman–Crippen MR) is 126 cm³/mol. The number of rotatable bonds is 5. The monoisotopic (exact) mass is 457 g/mol. The number of nitrogens with zero attached hydrogens (tertiary/aromatic N) is 1. The quantitative estimate of drug-likeness (QED) is 0.259. The lowest BCUT2D eigenvalue weighted by Gasteiger charge is -2.25. The highest BCUT2D eigenvalue weighted by Crippen LogP contribution is 2.42. The number of esters is 1. The topological polar surface area (TPSA) is 104 Å². The molecule has 34 heavy (non-hydrogen) atoms. The summed E-state index contributed by atoms with van der Waals surface area (Å²) in [6, 6.07) is 18.8. The van der Waals surface area contributed by atoms with Crippen molar-refractivity contribution >= 4 is 29.1 Å². The second kappa shape index (κ2) is 9.23. The first-order chi connectivity index (χ1) is 16.3. The highest BCUT2D eigenvalue weighted by Gasteiger charge is 2.46. The first-order valence-electron chi connectivity index (χ1n) is 10.6. The summed E-state index contributed by atoms with van der Waals surface area (Å²) in [6.45, 7) is 1.91. The first kappa shape index (κ1) is 22.8. The van der Waals surface area contributed by atoms with E-state index in [1.54, 1.807) is 60.7 Å². The molecule has 7 nitrogen and oxygen atoms in total. The van der Waals surface area contributed by atoms with Gasteiger partial charge in [0.2, 0.25) is 0 Å². The van der Waals surface area contributed by atoms with Crippen LogP contribution in [-0.2, 0) is 25.5 Å². The minimum atomic E-state index is -0.909. The summed E-state index contributed by atoms with van der Waals surface area (Å²) in [5.74, 6) is -2.23. The fraction of sp³-hybridized carbons (Fsp3) is 0.148. The molecule has 3 aromatic carbocycles. The number of aryl methyl sites for hydroxylation is 1. The smallest absolute Gasteiger partial charge is 0.309 e. The molecule has 1 heterocycles. The standard InChI is InChI=1S/C27H23NO6/c1-16-3-7-19(8-4-16)25(31)23-24(18-9-13-21(29)14-10-18)28(27(33)26(23)32)20-11-5-17(6-12-20)15-22(30)34-2/h3-14,24,29,31H,15H2,1-2H3/b25-23+. The molecule has 1 unspecified atom stereocenters. The van der Waals surface area contributed by atoms with Crippen molar-refractivity contribution in [3.8, 4) is 5.75 Å². The third-order valence-corrected chi connectivity index (χ3v) is 5.77. The van der Waals surface area contributed by atoms with E-state index in [9.17, 15) is 24.6 Å². The number of ether oxygens (including phenoxy) is 1. The zero-order valence-electron chi connectivity index (χ0n) is 18.7. The van der Waals surface area contributed by atoms with Crippen LogP contribution in [-0.4, -0.2) is 35.0 Å². The molecule has 0 radical (unpaired) electrons. The van der Waals surface area contributed by atoms with E-state index in [1.165, 1.54) is 24.1 Å². The molecule has 0 saturated carbocycles. The number of carbonyl (C=O) groups excluding carboxylic acids is 3. The molecule has 1 aliphatic heterocycles. The number of hydrogen-bond donors (Lipinski definition) is 2. The number of amides is 1. The summed E-state index contributed by atoms with van der Waals surface area (Å²) in [4.78, 5) is 39.2. The van der Waals surface area contributed by atoms with Crippen LogP contribution in [0.5, 0.6) is 5.75 Å². The van der Waals surface area contributed by atoms with Crippen LogP contribution in [0.25, 0.3) is 5.76 Å². The van der Waals surface area contributed by atoms with E-state index >= 15 is 0 Å². The number of methoxy groups -OCH3 is 1. The summed E-state index contributed by atoms with van der Waals surface area (Å²) in [5.41, 5.74) is 3.02. The zero-order valence-corrected chi connectivity index (χ0v) is 18.7. The molecule has 1 amide bonds. The van der Waals surface area contributed by atoms with Crippen LogP contribution in [0.1, 0.15) is 28.3 Å². The van der Waals surface area contributed by atoms with Crippen molar-refractivity contribution in [2.75, 3.05) is 12.0 Å². The average molecular weight is 457 g/mol. The number of aliphatic hydroxyl groups excluding tert-OH is 1. The number of hydrogen-bond acceptors (Lipinski definition) is 6. The van der Waals surface area contributed by atoms with Gasteiger partial charge in [0, 0.05) is 11.3 Å². The van der Waals surface area contributed by atoms with E-state index in [4.69, 9.17) is 0 Å². The molecule has 0 bridgehead atoms. The van der Waals surface area contributed by atoms with Crippen molar-refractivity contribution in [1.82, 2.24) is 0 Å². The van der Waals surface area contributed by atoms with E-state index in [0.29, 0.717) is 22.4 Å². The Bertz CT molecular complexity index is 1270. The number of anilines is 1. The Kier molecular flexibility index (Phi) is 6.19. The third-order valence-electron chi connectivity index (χ3n) is 5.77. The Labute approximate surface area is 196 Å². The van der Waals surface area contributed by atoms with E-state index in [1.807, 2.05) is 6.92 Å². The van der Waals surface area contributed by atoms with Crippen molar-refractivity contribution in [2.45, 2.75) is 19.4 Å². The van der Waals surface area contributed by atoms with Crippen molar-refractivity contribution in [3.05, 3.63) is 101 Å². The van der Waals surface area contributed by atoms with Crippen LogP contribution >= 0.6 is 0 Å². The molecule has 172 valence electrons. The molecule has 0 aromatic heterocycles. The molecule has 0 spiro atoms. The number of phenolic OH excluding ortho intramolecular Hbond substituents is 1. The Morgan fingerprint density at radius 2 is 1.56 bits per heavy atom. The summed E-state index contributed by atoms with van der Waals surface area (Å²) in [6.07, 6.45) is 0.0738. The molecular formula is C27H23NO6. The molecule has 4 rings (SSSR count). The summed E-state index contributed by atoms with van der Waals surface area (Å²) in [5, 5.41) is 20.8. The number of phenols is 1. The molecule has 1 saturated heterocycles. The number of aliphatic hydroxyl groups is 1. The minimum Gasteiger partial charge on any atom is -0.508 e. The Morgan fingerprint density at radius 3 is 2.15 bits per heavy atom. The third kappa shape index (κ3) is 4.28. The van der Waals surface area contributed by atoms with Gasteiger partial charge in [-0.05, 0) is 42.3 Å². The number of benzene rings is 3. The van der Waals surface area contributed by atoms with Gasteiger partial charge in [-0.3, -0.25) is 19.3 Å². The van der Waals surface area contributed by atoms with E-state index in [-0.39, 0.29) is 23.5 Å². The lowest BCUT2D eigenvalue weighted by molar-refractivity contribution is -0.139. The van der Waals surface area contributed by atoms with Crippen LogP contribution in [0, 0.1) is 6.92 Å². The van der Waals surface area contributed by atoms with Crippen LogP contribution < -0.4 is 4.90 Å². The van der Waals surface area contributed by atoms with Gasteiger partial charge in [0.05, 0.1) is 25.1 Å². The van der Waals surface area contributed by atoms with Gasteiger partial charge in [0.15, 0.2) is 0 Å². The van der Waals surface area contributed by atoms with Crippen LogP contribution in [0.2, 0.25) is 0 Å². The fourth-order valence-corrected chi connectivity index (χ4v) is 3.95. The highest BCUT2D eigenvalue weighted by molar-refractivity contribution is 6.51. The van der Waals surface area contributed by atoms with Crippen molar-refractivity contribution in [3.63, 3.8) is 0 Å². The van der Waals surface area contributed by atoms with Gasteiger partial charge >= 0.3 is 5.97 Å². The van der Waals surface area contributed by atoms with Crippen LogP contribution in [0.15, 0.2) is 78.4 Å². The molecular weight excluding hydrogens is 434 g/mol. The van der Waals surface area contributed by atoms with Crippen LogP contribution in [0.3, 0.4) is 0 Å². The lowest BCUT2D eigenvalue weighted by Crippen LogP contribution is -2.29. The van der Waals surface area contributed by atoms with Gasteiger partial charge < -0.3 is 14.9 Å². The maximum absolute atomic E-state index is 13.2. The molecule has 1 atom stereocenters. The fourth-order valence-electron chi connectivity index (χ4n) is 3.95. The molecule has 2 N–H and O–H groups in total. The van der Waals surface area contributed by atoms with Gasteiger partial charge in [-0.25, -0.2) is 0 Å². The average Bonchev–Trinajstić information content (AvgIpc) is 3.10. The molecule has 1 fully saturated rings. The van der Waals surface area contributed by atoms with E-state index in [0.717, 1.165) is 5.56 Å². The van der Waals surface area contributed by atoms with Crippen molar-refractivity contribution in [2.24, 2.45) is 0 Å². The van der Waals surface area contributed by atoms with Gasteiger partial charge in [-0.15, -0.1) is 0 Å². The summed E-state index contributed by atoms with van der Waals surface area (Å²) < 4.78 is 4.69. The predicted octanol–water partition coefficient (Wildman–Crippen LogP) is 4.04. The van der Waals surface area contributed by atoms with Crippen LogP contribution in [0.4, 0.5) is 5.69 Å². The van der Waals surface area contributed by atoms with Gasteiger partial charge in [-0.2, -0.15) is 0 Å². The number of ketones is 1. The van der Waals surface area contributed by atoms with E-state index in [2.05, 4.69) is 4.74 Å². The minimum absolute atomic E-state index is 0.0337. The Balaban J connectivity index is 1.84. The summed E-state index contributed by atoms with van der Waals surface area (Å²) in [7, 11) is 1.31. The molecule has 7 heteroatoms. The van der Waals surface area contributed by atoms with Crippen molar-refractivity contribution in [1.29, 1.82) is 0 Å². The number of aromatic hydroxyl groups is 1. The largest absolute Gasteiger partial charge is 0.508 e. The Morgan fingerprint density at radius 1 is 0.941 bits per heavy atom. The maximum atomic E-state index is 13.2. The molecule has 0 aliphatic carbocycles. The van der Waals surface area contributed by atoms with Crippen molar-refractivity contribution < 1.29 is 29.3 Å². The van der Waals surface area contributed by atoms with E-state index < -0.39 is 23.7 Å². The second-order valence-corrected chi connectivity index (χ2v) is 8.05. The Hall–Kier alpha value is -4.39. The number of carbonyl (C=O) groups is 3. The lowest BCUT2D eigenvalue weighted by atomic mass is 9.94. The van der Waals surface area contributed by atoms with Gasteiger partial charge in [0.1, 0.15) is 11.5 Å². The second-order valence-electron chi connectivity index (χ2n) is 8.05. The van der Waals surface area contributed by atoms with Gasteiger partial charge in [0.25, 0.3) is 11.7 Å². The first-order valence-corrected chi connectivity index (χ1v) is 10.6. The maximum Gasteiger partial charge on any atom is 0.309 e. The molecule has 1 aliphatic rings. The summed E-state index contributed by atoms with van der Waals surface area (Å²) >= 11 is 0. The molecule has 3 aromatic rings. The zero-order chi connectivity index (χ0) is 24.4. The SMILES string of the molecule is COC(=O)Cc1ccc(N2C(=O)C(=O)/C(=C(/O)c3ccc(C)cc3)C2c2ccc(O)cc2)cc1. The number of Topliss-reactive ketones (excluding diaryl/α,β-unsaturated/α-hetero) is 1.